The van der Waals surface area contributed by atoms with E-state index in [4.69, 9.17) is 5.73 Å². The van der Waals surface area contributed by atoms with Crippen molar-refractivity contribution in [2.75, 3.05) is 25.9 Å². The highest BCUT2D eigenvalue weighted by molar-refractivity contribution is 7.15. The Morgan fingerprint density at radius 2 is 2.14 bits per heavy atom. The van der Waals surface area contributed by atoms with Gasteiger partial charge in [0.05, 0.1) is 0 Å². The molecule has 5 nitrogen and oxygen atoms in total. The number of carbonyl (C=O) groups excluding carboxylic acids is 1. The van der Waals surface area contributed by atoms with Crippen LogP contribution in [0.5, 0.6) is 0 Å². The second-order valence-corrected chi connectivity index (χ2v) is 6.90. The Labute approximate surface area is 136 Å². The molecule has 1 fully saturated rings. The van der Waals surface area contributed by atoms with E-state index >= 15 is 0 Å². The molecule has 0 bridgehead atoms. The zero-order valence-electron chi connectivity index (χ0n) is 12.9. The molecule has 1 aliphatic rings. The maximum Gasteiger partial charge on any atom is 0.225 e. The average Bonchev–Trinajstić information content (AvgIpc) is 2.83. The summed E-state index contributed by atoms with van der Waals surface area (Å²) in [5.41, 5.74) is 5.65. The number of hydrogen-bond donors (Lipinski definition) is 1. The molecule has 0 atom stereocenters. The lowest BCUT2D eigenvalue weighted by Crippen LogP contribution is -2.43. The normalized spacial score (nSPS) is 16.8. The molecular weight excluding hydrogens is 308 g/mol. The van der Waals surface area contributed by atoms with Gasteiger partial charge in [0.15, 0.2) is 5.13 Å². The fraction of sp³-hybridized carbons (Fsp3) is 0.714. The molecule has 2 rings (SSSR count). The predicted molar refractivity (Wildman–Crippen MR) is 89.7 cm³/mol. The van der Waals surface area contributed by atoms with E-state index in [1.165, 1.54) is 4.88 Å². The monoisotopic (exact) mass is 332 g/mol. The summed E-state index contributed by atoms with van der Waals surface area (Å²) in [5.74, 6) is 0.479. The van der Waals surface area contributed by atoms with Crippen LogP contribution in [0, 0.1) is 5.92 Å². The van der Waals surface area contributed by atoms with Crippen LogP contribution in [0.15, 0.2) is 6.20 Å². The van der Waals surface area contributed by atoms with Gasteiger partial charge in [0.2, 0.25) is 5.91 Å². The molecule has 1 aromatic rings. The van der Waals surface area contributed by atoms with E-state index in [0.717, 1.165) is 32.5 Å². The van der Waals surface area contributed by atoms with Gasteiger partial charge in [0, 0.05) is 36.6 Å². The summed E-state index contributed by atoms with van der Waals surface area (Å²) in [7, 11) is 1.90. The van der Waals surface area contributed by atoms with E-state index in [2.05, 4.69) is 23.7 Å². The van der Waals surface area contributed by atoms with Gasteiger partial charge in [-0.2, -0.15) is 0 Å². The van der Waals surface area contributed by atoms with Gasteiger partial charge in [-0.3, -0.25) is 9.69 Å². The number of nitrogens with two attached hydrogens (primary N) is 1. The number of rotatable bonds is 4. The van der Waals surface area contributed by atoms with Crippen molar-refractivity contribution in [3.63, 3.8) is 0 Å². The van der Waals surface area contributed by atoms with Crippen LogP contribution in [-0.4, -0.2) is 46.9 Å². The molecule has 1 amide bonds. The van der Waals surface area contributed by atoms with Crippen molar-refractivity contribution >= 4 is 34.8 Å². The molecule has 0 saturated carbocycles. The van der Waals surface area contributed by atoms with E-state index in [9.17, 15) is 4.79 Å². The SMILES string of the molecule is CC(C)N(C)C(=O)C1CCN(Cc2cnc(N)s2)CC1.Cl. The quantitative estimate of drug-likeness (QED) is 0.918. The number of hydrogen-bond acceptors (Lipinski definition) is 5. The first-order valence-electron chi connectivity index (χ1n) is 7.16. The molecule has 1 aliphatic heterocycles. The van der Waals surface area contributed by atoms with Gasteiger partial charge in [-0.25, -0.2) is 4.98 Å². The Kier molecular flexibility index (Phi) is 6.90. The zero-order valence-corrected chi connectivity index (χ0v) is 14.5. The maximum atomic E-state index is 12.3. The van der Waals surface area contributed by atoms with Crippen LogP contribution in [-0.2, 0) is 11.3 Å². The van der Waals surface area contributed by atoms with Crippen LogP contribution in [0.3, 0.4) is 0 Å². The lowest BCUT2D eigenvalue weighted by molar-refractivity contribution is -0.137. The minimum absolute atomic E-state index is 0. The molecule has 2 heterocycles. The van der Waals surface area contributed by atoms with Crippen molar-refractivity contribution in [1.29, 1.82) is 0 Å². The highest BCUT2D eigenvalue weighted by atomic mass is 35.5. The first-order chi connectivity index (χ1) is 9.47. The minimum Gasteiger partial charge on any atom is -0.375 e. The predicted octanol–water partition coefficient (Wildman–Crippen LogP) is 2.23. The largest absolute Gasteiger partial charge is 0.375 e. The Morgan fingerprint density at radius 3 is 2.62 bits per heavy atom. The summed E-state index contributed by atoms with van der Waals surface area (Å²) in [6, 6.07) is 0.278. The van der Waals surface area contributed by atoms with Crippen molar-refractivity contribution in [3.05, 3.63) is 11.1 Å². The van der Waals surface area contributed by atoms with Gasteiger partial charge in [0.25, 0.3) is 0 Å². The summed E-state index contributed by atoms with van der Waals surface area (Å²) < 4.78 is 0. The van der Waals surface area contributed by atoms with Gasteiger partial charge in [-0.05, 0) is 39.8 Å². The van der Waals surface area contributed by atoms with Crippen LogP contribution in [0.25, 0.3) is 0 Å². The van der Waals surface area contributed by atoms with E-state index in [0.29, 0.717) is 11.0 Å². The van der Waals surface area contributed by atoms with Gasteiger partial charge in [0.1, 0.15) is 0 Å². The van der Waals surface area contributed by atoms with Gasteiger partial charge >= 0.3 is 0 Å². The molecule has 0 radical (unpaired) electrons. The smallest absolute Gasteiger partial charge is 0.225 e. The molecule has 0 spiro atoms. The van der Waals surface area contributed by atoms with Crippen molar-refractivity contribution in [1.82, 2.24) is 14.8 Å². The lowest BCUT2D eigenvalue weighted by atomic mass is 9.95. The van der Waals surface area contributed by atoms with E-state index in [1.54, 1.807) is 11.3 Å². The summed E-state index contributed by atoms with van der Waals surface area (Å²) in [6.45, 7) is 6.96. The third-order valence-electron chi connectivity index (χ3n) is 4.01. The van der Waals surface area contributed by atoms with Crippen LogP contribution in [0.1, 0.15) is 31.6 Å². The van der Waals surface area contributed by atoms with E-state index in [-0.39, 0.29) is 24.4 Å². The fourth-order valence-corrected chi connectivity index (χ4v) is 3.22. The summed E-state index contributed by atoms with van der Waals surface area (Å²) >= 11 is 1.55. The molecule has 2 N–H and O–H groups in total. The highest BCUT2D eigenvalue weighted by Gasteiger charge is 2.28. The van der Waals surface area contributed by atoms with Gasteiger partial charge in [-0.1, -0.05) is 0 Å². The first-order valence-corrected chi connectivity index (χ1v) is 7.98. The molecule has 1 saturated heterocycles. The average molecular weight is 333 g/mol. The van der Waals surface area contributed by atoms with Crippen molar-refractivity contribution in [2.45, 2.75) is 39.3 Å². The van der Waals surface area contributed by atoms with Crippen LogP contribution in [0.4, 0.5) is 5.13 Å². The summed E-state index contributed by atoms with van der Waals surface area (Å²) in [5, 5.41) is 0.628. The van der Waals surface area contributed by atoms with Crippen LogP contribution >= 0.6 is 23.7 Å². The molecule has 0 aliphatic carbocycles. The Balaban J connectivity index is 0.00000220. The molecule has 120 valence electrons. The van der Waals surface area contributed by atoms with Gasteiger partial charge < -0.3 is 10.6 Å². The number of thiazole rings is 1. The number of aromatic nitrogens is 1. The Bertz CT molecular complexity index is 458. The molecular formula is C14H25ClN4OS. The van der Waals surface area contributed by atoms with Crippen LogP contribution < -0.4 is 5.73 Å². The number of carbonyl (C=O) groups is 1. The molecule has 1 aromatic heterocycles. The molecule has 0 aromatic carbocycles. The minimum atomic E-state index is 0. The standard InChI is InChI=1S/C14H24N4OS.ClH/c1-10(2)17(3)13(19)11-4-6-18(7-5-11)9-12-8-16-14(15)20-12;/h8,10-11H,4-7,9H2,1-3H3,(H2,15,16);1H. The molecule has 7 heteroatoms. The maximum absolute atomic E-state index is 12.3. The number of piperidine rings is 1. The van der Waals surface area contributed by atoms with Crippen molar-refractivity contribution < 1.29 is 4.79 Å². The number of halogens is 1. The number of anilines is 1. The third-order valence-corrected chi connectivity index (χ3v) is 4.82. The Morgan fingerprint density at radius 1 is 1.52 bits per heavy atom. The van der Waals surface area contributed by atoms with Crippen molar-refractivity contribution in [2.24, 2.45) is 5.92 Å². The van der Waals surface area contributed by atoms with E-state index < -0.39 is 0 Å². The topological polar surface area (TPSA) is 62.5 Å². The second-order valence-electron chi connectivity index (χ2n) is 5.76. The number of nitrogen functional groups attached to an aromatic ring is 1. The third kappa shape index (κ3) is 4.83. The Hall–Kier alpha value is -0.850. The lowest BCUT2D eigenvalue weighted by Gasteiger charge is -2.34. The number of amides is 1. The first kappa shape index (κ1) is 18.2. The number of nitrogens with zero attached hydrogens (tertiary/aromatic N) is 3. The van der Waals surface area contributed by atoms with Crippen LogP contribution in [0.2, 0.25) is 0 Å². The molecule has 21 heavy (non-hydrogen) atoms. The second kappa shape index (κ2) is 7.96. The van der Waals surface area contributed by atoms with Gasteiger partial charge in [-0.15, -0.1) is 23.7 Å². The fourth-order valence-electron chi connectivity index (χ4n) is 2.50. The number of likely N-dealkylation sites (tertiary alicyclic amines) is 1. The summed E-state index contributed by atoms with van der Waals surface area (Å²) in [4.78, 5) is 21.8. The van der Waals surface area contributed by atoms with Crippen molar-refractivity contribution in [3.8, 4) is 0 Å². The highest BCUT2D eigenvalue weighted by Crippen LogP contribution is 2.23. The molecule has 0 unspecified atom stereocenters. The van der Waals surface area contributed by atoms with E-state index in [1.807, 2.05) is 18.1 Å². The summed E-state index contributed by atoms with van der Waals surface area (Å²) in [6.07, 6.45) is 3.75. The zero-order chi connectivity index (χ0) is 14.7.